The van der Waals surface area contributed by atoms with Gasteiger partial charge in [-0.1, -0.05) is 29.8 Å². The molecule has 0 amide bonds. The van der Waals surface area contributed by atoms with E-state index in [2.05, 4.69) is 21.9 Å². The lowest BCUT2D eigenvalue weighted by atomic mass is 10.1. The minimum Gasteiger partial charge on any atom is -0.486 e. The Bertz CT molecular complexity index is 1150. The van der Waals surface area contributed by atoms with Gasteiger partial charge in [-0.25, -0.2) is 4.39 Å². The molecule has 0 aromatic heterocycles. The van der Waals surface area contributed by atoms with Gasteiger partial charge in [0.2, 0.25) is 6.79 Å². The first-order chi connectivity index (χ1) is 17.0. The maximum Gasteiger partial charge on any atom is 0.231 e. The van der Waals surface area contributed by atoms with Crippen LogP contribution in [0.4, 0.5) is 4.39 Å². The predicted octanol–water partition coefficient (Wildman–Crippen LogP) is 5.84. The summed E-state index contributed by atoms with van der Waals surface area (Å²) in [5.41, 5.74) is 3.19. The van der Waals surface area contributed by atoms with Gasteiger partial charge in [0.1, 0.15) is 17.7 Å². The lowest BCUT2D eigenvalue weighted by molar-refractivity contribution is 0.107. The smallest absolute Gasteiger partial charge is 0.231 e. The van der Waals surface area contributed by atoms with Crippen LogP contribution in [0.25, 0.3) is 0 Å². The quantitative estimate of drug-likeness (QED) is 0.391. The van der Waals surface area contributed by atoms with Crippen LogP contribution in [0.3, 0.4) is 0 Å². The molecule has 0 radical (unpaired) electrons. The summed E-state index contributed by atoms with van der Waals surface area (Å²) >= 11 is 6.18. The fourth-order valence-corrected chi connectivity index (χ4v) is 4.71. The molecule has 1 atom stereocenters. The number of hydrogen-bond donors (Lipinski definition) is 0. The molecule has 0 bridgehead atoms. The van der Waals surface area contributed by atoms with E-state index in [1.807, 2.05) is 43.3 Å². The second-order valence-corrected chi connectivity index (χ2v) is 9.57. The van der Waals surface area contributed by atoms with Crippen molar-refractivity contribution in [3.8, 4) is 17.2 Å². The van der Waals surface area contributed by atoms with Crippen molar-refractivity contribution in [1.82, 2.24) is 9.80 Å². The Kier molecular flexibility index (Phi) is 7.42. The molecule has 0 saturated carbocycles. The number of halogens is 2. The summed E-state index contributed by atoms with van der Waals surface area (Å²) in [6, 6.07) is 18.5. The molecule has 0 aliphatic carbocycles. The number of hydrogen-bond acceptors (Lipinski definition) is 5. The summed E-state index contributed by atoms with van der Waals surface area (Å²) in [4.78, 5) is 4.95. The van der Waals surface area contributed by atoms with E-state index < -0.39 is 0 Å². The monoisotopic (exact) mass is 496 g/mol. The molecule has 1 saturated heterocycles. The Morgan fingerprint density at radius 1 is 0.914 bits per heavy atom. The van der Waals surface area contributed by atoms with Crippen molar-refractivity contribution < 1.29 is 18.6 Å². The van der Waals surface area contributed by atoms with Crippen molar-refractivity contribution in [3.63, 3.8) is 0 Å². The normalized spacial score (nSPS) is 16.9. The van der Waals surface area contributed by atoms with E-state index >= 15 is 0 Å². The van der Waals surface area contributed by atoms with Gasteiger partial charge in [0.15, 0.2) is 11.5 Å². The van der Waals surface area contributed by atoms with E-state index in [4.69, 9.17) is 25.8 Å². The first kappa shape index (κ1) is 23.9. The van der Waals surface area contributed by atoms with E-state index in [1.54, 1.807) is 0 Å². The number of nitrogens with zero attached hydrogens (tertiary/aromatic N) is 2. The van der Waals surface area contributed by atoms with Gasteiger partial charge in [0, 0.05) is 50.7 Å². The highest BCUT2D eigenvalue weighted by molar-refractivity contribution is 6.31. The van der Waals surface area contributed by atoms with E-state index in [0.717, 1.165) is 74.1 Å². The summed E-state index contributed by atoms with van der Waals surface area (Å²) in [5.74, 6) is 2.19. The van der Waals surface area contributed by atoms with Crippen LogP contribution >= 0.6 is 11.6 Å². The molecule has 1 fully saturated rings. The average molecular weight is 497 g/mol. The van der Waals surface area contributed by atoms with Crippen molar-refractivity contribution in [1.29, 1.82) is 0 Å². The summed E-state index contributed by atoms with van der Waals surface area (Å²) in [5, 5.41) is 0.717. The third-order valence-corrected chi connectivity index (χ3v) is 7.09. The van der Waals surface area contributed by atoms with Gasteiger partial charge in [-0.3, -0.25) is 4.90 Å². The molecule has 5 nitrogen and oxygen atoms in total. The van der Waals surface area contributed by atoms with Crippen molar-refractivity contribution in [2.45, 2.75) is 26.0 Å². The number of aryl methyl sites for hydroxylation is 1. The number of fused-ring (bicyclic) bond motifs is 1. The zero-order valence-electron chi connectivity index (χ0n) is 19.9. The van der Waals surface area contributed by atoms with Crippen LogP contribution in [0.2, 0.25) is 5.02 Å². The summed E-state index contributed by atoms with van der Waals surface area (Å²) in [6.07, 6.45) is 0.651. The molecule has 3 aromatic rings. The molecule has 2 heterocycles. The zero-order valence-corrected chi connectivity index (χ0v) is 20.6. The van der Waals surface area contributed by atoms with E-state index in [-0.39, 0.29) is 11.9 Å². The van der Waals surface area contributed by atoms with Gasteiger partial charge >= 0.3 is 0 Å². The minimum atomic E-state index is -0.242. The molecule has 0 N–H and O–H groups in total. The third kappa shape index (κ3) is 6.07. The van der Waals surface area contributed by atoms with Crippen molar-refractivity contribution in [2.75, 3.05) is 39.5 Å². The largest absolute Gasteiger partial charge is 0.486 e. The zero-order chi connectivity index (χ0) is 24.2. The minimum absolute atomic E-state index is 0.164. The topological polar surface area (TPSA) is 34.2 Å². The van der Waals surface area contributed by atoms with Crippen LogP contribution < -0.4 is 14.2 Å². The van der Waals surface area contributed by atoms with Crippen LogP contribution in [-0.2, 0) is 6.54 Å². The number of benzene rings is 3. The van der Waals surface area contributed by atoms with Gasteiger partial charge in [0.05, 0.1) is 0 Å². The fourth-order valence-electron chi connectivity index (χ4n) is 4.59. The molecule has 184 valence electrons. The number of ether oxygens (including phenoxy) is 3. The second kappa shape index (κ2) is 10.9. The number of piperazine rings is 1. The van der Waals surface area contributed by atoms with Crippen LogP contribution in [0.1, 0.15) is 29.2 Å². The predicted molar refractivity (Wildman–Crippen MR) is 135 cm³/mol. The van der Waals surface area contributed by atoms with Crippen LogP contribution in [-0.4, -0.2) is 49.3 Å². The molecular weight excluding hydrogens is 467 g/mol. The lowest BCUT2D eigenvalue weighted by Gasteiger charge is -2.35. The van der Waals surface area contributed by atoms with E-state index in [1.165, 1.54) is 17.7 Å². The van der Waals surface area contributed by atoms with Crippen LogP contribution in [0.15, 0.2) is 60.7 Å². The molecule has 7 heteroatoms. The molecule has 0 spiro atoms. The summed E-state index contributed by atoms with van der Waals surface area (Å²) in [6.45, 7) is 8.10. The molecular formula is C28H30ClFN2O3. The highest BCUT2D eigenvalue weighted by Crippen LogP contribution is 2.33. The fraction of sp³-hybridized carbons (Fsp3) is 0.357. The number of rotatable bonds is 8. The maximum absolute atomic E-state index is 13.5. The van der Waals surface area contributed by atoms with Crippen molar-refractivity contribution in [2.24, 2.45) is 0 Å². The standard InChI is InChI=1S/C28H30ClFN2O3/c1-20-16-24(7-8-25(20)29)35-26(22-3-5-23(30)6-4-22)10-11-31-12-14-32(15-13-31)18-21-2-9-27-28(17-21)34-19-33-27/h2-9,16-17,26H,10-15,18-19H2,1H3/t26-/m0/s1. The van der Waals surface area contributed by atoms with E-state index in [9.17, 15) is 4.39 Å². The highest BCUT2D eigenvalue weighted by atomic mass is 35.5. The summed E-state index contributed by atoms with van der Waals surface area (Å²) in [7, 11) is 0. The highest BCUT2D eigenvalue weighted by Gasteiger charge is 2.21. The van der Waals surface area contributed by atoms with Gasteiger partial charge in [-0.2, -0.15) is 0 Å². The van der Waals surface area contributed by atoms with Crippen LogP contribution in [0, 0.1) is 12.7 Å². The van der Waals surface area contributed by atoms with E-state index in [0.29, 0.717) is 11.8 Å². The Morgan fingerprint density at radius 2 is 1.66 bits per heavy atom. The average Bonchev–Trinajstić information content (AvgIpc) is 3.33. The molecule has 5 rings (SSSR count). The molecule has 2 aliphatic rings. The lowest BCUT2D eigenvalue weighted by Crippen LogP contribution is -2.46. The SMILES string of the molecule is Cc1cc(O[C@@H](CCN2CCN(Cc3ccc4c(c3)OCO4)CC2)c2ccc(F)cc2)ccc1Cl. The maximum atomic E-state index is 13.5. The van der Waals surface area contributed by atoms with Crippen molar-refractivity contribution >= 4 is 11.6 Å². The van der Waals surface area contributed by atoms with Gasteiger partial charge in [-0.15, -0.1) is 0 Å². The Morgan fingerprint density at radius 3 is 2.43 bits per heavy atom. The van der Waals surface area contributed by atoms with Crippen LogP contribution in [0.5, 0.6) is 17.2 Å². The molecule has 2 aliphatic heterocycles. The van der Waals surface area contributed by atoms with Gasteiger partial charge in [-0.05, 0) is 66.1 Å². The first-order valence-electron chi connectivity index (χ1n) is 12.0. The summed E-state index contributed by atoms with van der Waals surface area (Å²) < 4.78 is 30.8. The van der Waals surface area contributed by atoms with Gasteiger partial charge < -0.3 is 19.1 Å². The van der Waals surface area contributed by atoms with Crippen molar-refractivity contribution in [3.05, 3.63) is 88.2 Å². The molecule has 3 aromatic carbocycles. The Labute approximate surface area is 211 Å². The second-order valence-electron chi connectivity index (χ2n) is 9.16. The Hall–Kier alpha value is -2.80. The first-order valence-corrected chi connectivity index (χ1v) is 12.4. The Balaban J connectivity index is 1.16. The van der Waals surface area contributed by atoms with Gasteiger partial charge in [0.25, 0.3) is 0 Å². The molecule has 35 heavy (non-hydrogen) atoms. The third-order valence-electron chi connectivity index (χ3n) is 6.67. The molecule has 0 unspecified atom stereocenters.